The number of hydrogen-bond donors (Lipinski definition) is 3. The van der Waals surface area contributed by atoms with Crippen molar-refractivity contribution in [3.8, 4) is 5.75 Å². The molecule has 0 bridgehead atoms. The Morgan fingerprint density at radius 3 is 2.12 bits per heavy atom. The van der Waals surface area contributed by atoms with Crippen LogP contribution in [-0.4, -0.2) is 5.11 Å². The first-order valence-electron chi connectivity index (χ1n) is 9.20. The van der Waals surface area contributed by atoms with Crippen LogP contribution < -0.4 is 10.6 Å². The van der Waals surface area contributed by atoms with Crippen LogP contribution in [-0.2, 0) is 6.42 Å². The maximum Gasteiger partial charge on any atom is 0.120 e. The zero-order valence-corrected chi connectivity index (χ0v) is 15.4. The molecule has 3 aromatic rings. The molecule has 3 rings (SSSR count). The first-order valence-corrected chi connectivity index (χ1v) is 9.20. The Bertz CT molecular complexity index is 829. The highest BCUT2D eigenvalue weighted by molar-refractivity contribution is 5.62. The van der Waals surface area contributed by atoms with E-state index in [1.54, 1.807) is 6.07 Å². The fourth-order valence-electron chi connectivity index (χ4n) is 3.04. The van der Waals surface area contributed by atoms with E-state index in [2.05, 4.69) is 54.8 Å². The summed E-state index contributed by atoms with van der Waals surface area (Å²) in [6.07, 6.45) is 1.86. The quantitative estimate of drug-likeness (QED) is 0.473. The topological polar surface area (TPSA) is 44.3 Å². The van der Waals surface area contributed by atoms with Gasteiger partial charge in [0, 0.05) is 22.6 Å². The fraction of sp³-hybridized carbons (Fsp3) is 0.217. The highest BCUT2D eigenvalue weighted by Crippen LogP contribution is 2.31. The molecule has 1 unspecified atom stereocenters. The van der Waals surface area contributed by atoms with Gasteiger partial charge in [-0.2, -0.15) is 0 Å². The molecule has 134 valence electrons. The number of aryl methyl sites for hydroxylation is 1. The summed E-state index contributed by atoms with van der Waals surface area (Å²) in [7, 11) is 0. The zero-order valence-electron chi connectivity index (χ0n) is 15.4. The number of para-hydroxylation sites is 1. The van der Waals surface area contributed by atoms with Crippen molar-refractivity contribution in [3.05, 3.63) is 83.9 Å². The molecule has 0 spiro atoms. The van der Waals surface area contributed by atoms with Crippen LogP contribution in [0.1, 0.15) is 37.4 Å². The zero-order chi connectivity index (χ0) is 18.4. The molecule has 3 aromatic carbocycles. The maximum absolute atomic E-state index is 10.3. The molecule has 26 heavy (non-hydrogen) atoms. The van der Waals surface area contributed by atoms with Crippen molar-refractivity contribution in [1.29, 1.82) is 0 Å². The Morgan fingerprint density at radius 2 is 1.46 bits per heavy atom. The second-order valence-electron chi connectivity index (χ2n) is 6.42. The standard InChI is InChI=1S/C23H26N2O/c1-3-17-10-15-23(26)21(16-17)22(4-2)25-20-13-11-19(12-14-20)24-18-8-6-5-7-9-18/h5-16,22,24-26H,3-4H2,1-2H3. The van der Waals surface area contributed by atoms with Crippen molar-refractivity contribution in [2.24, 2.45) is 0 Å². The molecule has 0 aliphatic rings. The van der Waals surface area contributed by atoms with Crippen LogP contribution in [0.4, 0.5) is 17.1 Å². The second kappa shape index (κ2) is 8.43. The Morgan fingerprint density at radius 1 is 0.808 bits per heavy atom. The lowest BCUT2D eigenvalue weighted by atomic mass is 9.99. The minimum atomic E-state index is 0.0782. The molecule has 3 nitrogen and oxygen atoms in total. The minimum absolute atomic E-state index is 0.0782. The molecular formula is C23H26N2O. The van der Waals surface area contributed by atoms with Crippen molar-refractivity contribution in [1.82, 2.24) is 0 Å². The Kier molecular flexibility index (Phi) is 5.80. The Balaban J connectivity index is 1.73. The number of anilines is 3. The molecular weight excluding hydrogens is 320 g/mol. The maximum atomic E-state index is 10.3. The number of benzene rings is 3. The molecule has 3 heteroatoms. The van der Waals surface area contributed by atoms with Gasteiger partial charge in [0.2, 0.25) is 0 Å². The summed E-state index contributed by atoms with van der Waals surface area (Å²) in [4.78, 5) is 0. The molecule has 3 N–H and O–H groups in total. The van der Waals surface area contributed by atoms with E-state index < -0.39 is 0 Å². The third-order valence-corrected chi connectivity index (χ3v) is 4.57. The number of phenolic OH excluding ortho intramolecular Hbond substituents is 1. The summed E-state index contributed by atoms with van der Waals surface area (Å²) in [5, 5.41) is 17.2. The summed E-state index contributed by atoms with van der Waals surface area (Å²) in [5.74, 6) is 0.351. The Hall–Kier alpha value is -2.94. The van der Waals surface area contributed by atoms with E-state index in [0.717, 1.165) is 35.5 Å². The fourth-order valence-corrected chi connectivity index (χ4v) is 3.04. The van der Waals surface area contributed by atoms with E-state index in [4.69, 9.17) is 0 Å². The van der Waals surface area contributed by atoms with Crippen LogP contribution >= 0.6 is 0 Å². The third kappa shape index (κ3) is 4.37. The summed E-state index contributed by atoms with van der Waals surface area (Å²) >= 11 is 0. The van der Waals surface area contributed by atoms with E-state index in [1.165, 1.54) is 5.56 Å². The first-order chi connectivity index (χ1) is 12.7. The molecule has 0 aliphatic carbocycles. The lowest BCUT2D eigenvalue weighted by molar-refractivity contribution is 0.462. The van der Waals surface area contributed by atoms with Crippen molar-refractivity contribution < 1.29 is 5.11 Å². The summed E-state index contributed by atoms with van der Waals surface area (Å²) in [5.41, 5.74) is 5.35. The average Bonchev–Trinajstić information content (AvgIpc) is 2.69. The smallest absolute Gasteiger partial charge is 0.120 e. The van der Waals surface area contributed by atoms with Gasteiger partial charge in [0.1, 0.15) is 5.75 Å². The van der Waals surface area contributed by atoms with Crippen LogP contribution in [0.5, 0.6) is 5.75 Å². The van der Waals surface area contributed by atoms with E-state index >= 15 is 0 Å². The second-order valence-corrected chi connectivity index (χ2v) is 6.42. The number of aromatic hydroxyl groups is 1. The lowest BCUT2D eigenvalue weighted by Gasteiger charge is -2.21. The van der Waals surface area contributed by atoms with Gasteiger partial charge in [0.25, 0.3) is 0 Å². The molecule has 0 radical (unpaired) electrons. The van der Waals surface area contributed by atoms with Gasteiger partial charge in [-0.1, -0.05) is 44.2 Å². The van der Waals surface area contributed by atoms with Crippen LogP contribution in [0.2, 0.25) is 0 Å². The van der Waals surface area contributed by atoms with Crippen molar-refractivity contribution in [2.45, 2.75) is 32.7 Å². The molecule has 0 aliphatic heterocycles. The SMILES string of the molecule is CCc1ccc(O)c(C(CC)Nc2ccc(Nc3ccccc3)cc2)c1. The minimum Gasteiger partial charge on any atom is -0.508 e. The third-order valence-electron chi connectivity index (χ3n) is 4.57. The van der Waals surface area contributed by atoms with Gasteiger partial charge in [0.15, 0.2) is 0 Å². The molecule has 0 aromatic heterocycles. The monoisotopic (exact) mass is 346 g/mol. The van der Waals surface area contributed by atoms with Crippen LogP contribution in [0.25, 0.3) is 0 Å². The molecule has 0 saturated heterocycles. The molecule has 0 fully saturated rings. The highest BCUT2D eigenvalue weighted by atomic mass is 16.3. The predicted molar refractivity (Wildman–Crippen MR) is 110 cm³/mol. The van der Waals surface area contributed by atoms with Crippen LogP contribution in [0.15, 0.2) is 72.8 Å². The van der Waals surface area contributed by atoms with E-state index in [0.29, 0.717) is 5.75 Å². The summed E-state index contributed by atoms with van der Waals surface area (Å²) in [6.45, 7) is 4.25. The van der Waals surface area contributed by atoms with Gasteiger partial charge >= 0.3 is 0 Å². The van der Waals surface area contributed by atoms with Gasteiger partial charge < -0.3 is 15.7 Å². The number of nitrogens with one attached hydrogen (secondary N) is 2. The van der Waals surface area contributed by atoms with Crippen LogP contribution in [0.3, 0.4) is 0 Å². The summed E-state index contributed by atoms with van der Waals surface area (Å²) in [6, 6.07) is 24.3. The van der Waals surface area contributed by atoms with Crippen LogP contribution in [0, 0.1) is 0 Å². The van der Waals surface area contributed by atoms with Crippen molar-refractivity contribution in [2.75, 3.05) is 10.6 Å². The molecule has 0 saturated carbocycles. The Labute approximate surface area is 155 Å². The van der Waals surface area contributed by atoms with Crippen molar-refractivity contribution >= 4 is 17.1 Å². The first kappa shape index (κ1) is 17.9. The molecule has 1 atom stereocenters. The lowest BCUT2D eigenvalue weighted by Crippen LogP contribution is -2.10. The summed E-state index contributed by atoms with van der Waals surface area (Å²) < 4.78 is 0. The van der Waals surface area contributed by atoms with E-state index in [9.17, 15) is 5.11 Å². The van der Waals surface area contributed by atoms with Crippen molar-refractivity contribution in [3.63, 3.8) is 0 Å². The van der Waals surface area contributed by atoms with E-state index in [1.807, 2.05) is 36.4 Å². The van der Waals surface area contributed by atoms with Gasteiger partial charge in [-0.15, -0.1) is 0 Å². The van der Waals surface area contributed by atoms with Gasteiger partial charge in [-0.3, -0.25) is 0 Å². The molecule has 0 heterocycles. The normalized spacial score (nSPS) is 11.8. The average molecular weight is 346 g/mol. The predicted octanol–water partition coefficient (Wildman–Crippen LogP) is 6.26. The van der Waals surface area contributed by atoms with E-state index in [-0.39, 0.29) is 6.04 Å². The number of phenols is 1. The highest BCUT2D eigenvalue weighted by Gasteiger charge is 2.14. The van der Waals surface area contributed by atoms with Gasteiger partial charge in [-0.25, -0.2) is 0 Å². The number of hydrogen-bond acceptors (Lipinski definition) is 3. The molecule has 0 amide bonds. The van der Waals surface area contributed by atoms with Gasteiger partial charge in [0.05, 0.1) is 6.04 Å². The largest absolute Gasteiger partial charge is 0.508 e. The number of rotatable bonds is 7. The van der Waals surface area contributed by atoms with Gasteiger partial charge in [-0.05, 0) is 60.9 Å².